The van der Waals surface area contributed by atoms with Gasteiger partial charge in [-0.15, -0.1) is 0 Å². The molecular weight excluding hydrogens is 222 g/mol. The topological polar surface area (TPSA) is 78.5 Å². The standard InChI is InChI=1S/C11H17N3O3/c15-9-5-8-3-1-2-4-14(8)11(17)7-13-10(16)6-12-9/h8H,1-7H2,(H,12,15)(H,13,16). The lowest BCUT2D eigenvalue weighted by Gasteiger charge is -2.36. The van der Waals surface area contributed by atoms with Gasteiger partial charge in [-0.1, -0.05) is 0 Å². The molecule has 2 aliphatic heterocycles. The van der Waals surface area contributed by atoms with Crippen LogP contribution in [0.15, 0.2) is 0 Å². The van der Waals surface area contributed by atoms with E-state index in [-0.39, 0.29) is 36.9 Å². The number of hydrogen-bond donors (Lipinski definition) is 2. The Morgan fingerprint density at radius 2 is 1.76 bits per heavy atom. The van der Waals surface area contributed by atoms with E-state index in [1.165, 1.54) is 0 Å². The van der Waals surface area contributed by atoms with Gasteiger partial charge in [-0.2, -0.15) is 0 Å². The third-order valence-corrected chi connectivity index (χ3v) is 3.25. The molecule has 2 fully saturated rings. The Morgan fingerprint density at radius 3 is 2.59 bits per heavy atom. The van der Waals surface area contributed by atoms with Crippen LogP contribution in [0.5, 0.6) is 0 Å². The van der Waals surface area contributed by atoms with Crippen LogP contribution >= 0.6 is 0 Å². The molecule has 0 aliphatic carbocycles. The van der Waals surface area contributed by atoms with Crippen LogP contribution in [-0.4, -0.2) is 48.3 Å². The molecule has 2 heterocycles. The number of rotatable bonds is 0. The fraction of sp³-hybridized carbons (Fsp3) is 0.727. The molecule has 2 N–H and O–H groups in total. The van der Waals surface area contributed by atoms with E-state index in [1.54, 1.807) is 4.90 Å². The van der Waals surface area contributed by atoms with Gasteiger partial charge in [0.2, 0.25) is 17.7 Å². The van der Waals surface area contributed by atoms with Crippen LogP contribution in [0.1, 0.15) is 25.7 Å². The summed E-state index contributed by atoms with van der Waals surface area (Å²) in [5, 5.41) is 5.07. The van der Waals surface area contributed by atoms with Gasteiger partial charge >= 0.3 is 0 Å². The van der Waals surface area contributed by atoms with Gasteiger partial charge in [-0.25, -0.2) is 0 Å². The van der Waals surface area contributed by atoms with Crippen LogP contribution in [0.25, 0.3) is 0 Å². The van der Waals surface area contributed by atoms with Gasteiger partial charge in [0.25, 0.3) is 0 Å². The van der Waals surface area contributed by atoms with E-state index in [9.17, 15) is 14.4 Å². The Labute approximate surface area is 99.7 Å². The van der Waals surface area contributed by atoms with E-state index >= 15 is 0 Å². The smallest absolute Gasteiger partial charge is 0.242 e. The predicted octanol–water partition coefficient (Wildman–Crippen LogP) is -0.996. The summed E-state index contributed by atoms with van der Waals surface area (Å²) < 4.78 is 0. The molecule has 6 heteroatoms. The van der Waals surface area contributed by atoms with E-state index in [2.05, 4.69) is 10.6 Å². The minimum Gasteiger partial charge on any atom is -0.347 e. The molecule has 1 atom stereocenters. The number of carbonyl (C=O) groups is 3. The summed E-state index contributed by atoms with van der Waals surface area (Å²) in [5.74, 6) is -0.563. The van der Waals surface area contributed by atoms with Gasteiger partial charge in [0.1, 0.15) is 0 Å². The van der Waals surface area contributed by atoms with E-state index in [1.807, 2.05) is 0 Å². The highest BCUT2D eigenvalue weighted by Gasteiger charge is 2.29. The zero-order chi connectivity index (χ0) is 12.3. The van der Waals surface area contributed by atoms with Gasteiger partial charge < -0.3 is 15.5 Å². The number of hydrogen-bond acceptors (Lipinski definition) is 3. The SMILES string of the molecule is O=C1CNC(=O)CC2CCCCN2C(=O)CN1. The average Bonchev–Trinajstić information content (AvgIpc) is 2.33. The van der Waals surface area contributed by atoms with Crippen molar-refractivity contribution < 1.29 is 14.4 Å². The van der Waals surface area contributed by atoms with Crippen molar-refractivity contribution >= 4 is 17.7 Å². The minimum absolute atomic E-state index is 0.00810. The van der Waals surface area contributed by atoms with Crippen LogP contribution in [0.2, 0.25) is 0 Å². The molecular formula is C11H17N3O3. The molecule has 0 aromatic heterocycles. The van der Waals surface area contributed by atoms with E-state index < -0.39 is 0 Å². The summed E-state index contributed by atoms with van der Waals surface area (Å²) in [6, 6.07) is -0.00810. The zero-order valence-corrected chi connectivity index (χ0v) is 9.70. The first-order valence-electron chi connectivity index (χ1n) is 5.99. The number of nitrogens with one attached hydrogen (secondary N) is 2. The van der Waals surface area contributed by atoms with Crippen molar-refractivity contribution in [2.75, 3.05) is 19.6 Å². The lowest BCUT2D eigenvalue weighted by Crippen LogP contribution is -2.52. The molecule has 0 bridgehead atoms. The lowest BCUT2D eigenvalue weighted by molar-refractivity contribution is -0.138. The Bertz CT molecular complexity index is 343. The first-order valence-corrected chi connectivity index (χ1v) is 5.99. The molecule has 2 saturated heterocycles. The van der Waals surface area contributed by atoms with Crippen molar-refractivity contribution in [3.05, 3.63) is 0 Å². The molecule has 0 aromatic carbocycles. The molecule has 0 aromatic rings. The molecule has 2 aliphatic rings. The summed E-state index contributed by atoms with van der Waals surface area (Å²) in [6.45, 7) is 0.677. The van der Waals surface area contributed by atoms with Crippen molar-refractivity contribution in [3.63, 3.8) is 0 Å². The maximum absolute atomic E-state index is 11.9. The first-order chi connectivity index (χ1) is 8.16. The maximum Gasteiger partial charge on any atom is 0.242 e. The lowest BCUT2D eigenvalue weighted by atomic mass is 9.98. The fourth-order valence-corrected chi connectivity index (χ4v) is 2.34. The molecule has 0 spiro atoms. The van der Waals surface area contributed by atoms with E-state index in [0.29, 0.717) is 13.0 Å². The highest BCUT2D eigenvalue weighted by molar-refractivity contribution is 5.89. The molecule has 1 unspecified atom stereocenters. The fourth-order valence-electron chi connectivity index (χ4n) is 2.34. The number of amides is 3. The Balaban J connectivity index is 2.09. The Kier molecular flexibility index (Phi) is 3.61. The van der Waals surface area contributed by atoms with Crippen LogP contribution in [-0.2, 0) is 14.4 Å². The number of carbonyl (C=O) groups excluding carboxylic acids is 3. The number of piperidine rings is 1. The summed E-state index contributed by atoms with van der Waals surface area (Å²) in [4.78, 5) is 36.5. The van der Waals surface area contributed by atoms with Crippen LogP contribution in [0, 0.1) is 0 Å². The van der Waals surface area contributed by atoms with Gasteiger partial charge in [-0.05, 0) is 19.3 Å². The molecule has 0 radical (unpaired) electrons. The van der Waals surface area contributed by atoms with E-state index in [4.69, 9.17) is 0 Å². The second-order valence-electron chi connectivity index (χ2n) is 4.49. The monoisotopic (exact) mass is 239 g/mol. The Hall–Kier alpha value is -1.59. The molecule has 3 amide bonds. The summed E-state index contributed by atoms with van der Waals surface area (Å²) in [7, 11) is 0. The van der Waals surface area contributed by atoms with Crippen LogP contribution < -0.4 is 10.6 Å². The second-order valence-corrected chi connectivity index (χ2v) is 4.49. The van der Waals surface area contributed by atoms with Crippen molar-refractivity contribution in [3.8, 4) is 0 Å². The van der Waals surface area contributed by atoms with Crippen LogP contribution in [0.4, 0.5) is 0 Å². The zero-order valence-electron chi connectivity index (χ0n) is 9.70. The van der Waals surface area contributed by atoms with Crippen molar-refractivity contribution in [1.29, 1.82) is 0 Å². The number of fused-ring (bicyclic) bond motifs is 1. The number of nitrogens with zero attached hydrogens (tertiary/aromatic N) is 1. The second kappa shape index (κ2) is 5.16. The third kappa shape index (κ3) is 2.95. The normalized spacial score (nSPS) is 26.9. The Morgan fingerprint density at radius 1 is 1.00 bits per heavy atom. The highest BCUT2D eigenvalue weighted by Crippen LogP contribution is 2.19. The molecule has 2 rings (SSSR count). The minimum atomic E-state index is -0.317. The summed E-state index contributed by atoms with van der Waals surface area (Å²) >= 11 is 0. The van der Waals surface area contributed by atoms with Crippen molar-refractivity contribution in [2.24, 2.45) is 0 Å². The highest BCUT2D eigenvalue weighted by atomic mass is 16.2. The molecule has 6 nitrogen and oxygen atoms in total. The van der Waals surface area contributed by atoms with Gasteiger partial charge in [-0.3, -0.25) is 14.4 Å². The summed E-state index contributed by atoms with van der Waals surface area (Å²) in [5.41, 5.74) is 0. The maximum atomic E-state index is 11.9. The van der Waals surface area contributed by atoms with Gasteiger partial charge in [0.15, 0.2) is 0 Å². The summed E-state index contributed by atoms with van der Waals surface area (Å²) in [6.07, 6.45) is 3.19. The molecule has 17 heavy (non-hydrogen) atoms. The first kappa shape index (κ1) is 11.9. The van der Waals surface area contributed by atoms with Crippen molar-refractivity contribution in [2.45, 2.75) is 31.7 Å². The van der Waals surface area contributed by atoms with Gasteiger partial charge in [0, 0.05) is 19.0 Å². The third-order valence-electron chi connectivity index (χ3n) is 3.25. The molecule has 0 saturated carbocycles. The molecule has 94 valence electrons. The largest absolute Gasteiger partial charge is 0.347 e. The van der Waals surface area contributed by atoms with Gasteiger partial charge in [0.05, 0.1) is 13.1 Å². The van der Waals surface area contributed by atoms with E-state index in [0.717, 1.165) is 19.3 Å². The van der Waals surface area contributed by atoms with Crippen LogP contribution in [0.3, 0.4) is 0 Å². The predicted molar refractivity (Wildman–Crippen MR) is 60.0 cm³/mol. The average molecular weight is 239 g/mol. The quantitative estimate of drug-likeness (QED) is 0.569. The van der Waals surface area contributed by atoms with Crippen molar-refractivity contribution in [1.82, 2.24) is 15.5 Å².